The number of para-hydroxylation sites is 1. The minimum absolute atomic E-state index is 0.0539. The highest BCUT2D eigenvalue weighted by atomic mass is 16.2. The van der Waals surface area contributed by atoms with E-state index in [1.54, 1.807) is 17.1 Å². The summed E-state index contributed by atoms with van der Waals surface area (Å²) in [5, 5.41) is 27.7. The Morgan fingerprint density at radius 1 is 1.09 bits per heavy atom. The molecule has 0 bridgehead atoms. The van der Waals surface area contributed by atoms with Crippen molar-refractivity contribution in [2.45, 2.75) is 64.7 Å². The number of urea groups is 2. The van der Waals surface area contributed by atoms with Crippen molar-refractivity contribution in [3.63, 3.8) is 0 Å². The summed E-state index contributed by atoms with van der Waals surface area (Å²) in [6, 6.07) is 15.3. The summed E-state index contributed by atoms with van der Waals surface area (Å²) in [6.07, 6.45) is 6.21. The third kappa shape index (κ3) is 5.87. The number of anilines is 1. The molecule has 1 saturated heterocycles. The number of nitrogens with one attached hydrogen (secondary N) is 3. The third-order valence-electron chi connectivity index (χ3n) is 9.11. The highest BCUT2D eigenvalue weighted by Gasteiger charge is 2.33. The van der Waals surface area contributed by atoms with Crippen LogP contribution in [0.2, 0.25) is 0 Å². The zero-order valence-corrected chi connectivity index (χ0v) is 26.0. The molecule has 2 aromatic carbocycles. The van der Waals surface area contributed by atoms with E-state index in [4.69, 9.17) is 0 Å². The number of carbonyl (C=O) groups excluding carboxylic acids is 2. The van der Waals surface area contributed by atoms with E-state index < -0.39 is 6.04 Å². The number of benzene rings is 2. The lowest BCUT2D eigenvalue weighted by Crippen LogP contribution is -2.53. The number of nitrogens with zero attached hydrogens (tertiary/aromatic N) is 8. The number of pyridine rings is 1. The van der Waals surface area contributed by atoms with Crippen molar-refractivity contribution in [3.05, 3.63) is 94.7 Å². The van der Waals surface area contributed by atoms with Gasteiger partial charge in [0, 0.05) is 61.3 Å². The maximum Gasteiger partial charge on any atom is 0.322 e. The van der Waals surface area contributed by atoms with Gasteiger partial charge in [-0.1, -0.05) is 31.2 Å². The number of aromatic nitrogens is 7. The van der Waals surface area contributed by atoms with Gasteiger partial charge in [0.15, 0.2) is 5.82 Å². The Labute approximate surface area is 266 Å². The molecule has 0 aliphatic carbocycles. The average Bonchev–Trinajstić information content (AvgIpc) is 3.70. The van der Waals surface area contributed by atoms with Crippen molar-refractivity contribution >= 4 is 28.7 Å². The standard InChI is InChI=1S/C33H37N11O2/c1-3-24-16-23(17-27-21(2)37-38-30(24)27)18-29(31-39-40-41-44(31)19-22-8-12-34-13-9-22)36-32(45)42-14-10-26(11-15-42)43-20-25-6-4-5-7-28(25)35-33(43)46/h4-9,12-13,16-17,26,29H,3,10-11,14-15,18-20H2,1-2H3,(H,35,46)(H,36,45)(H,37,38). The number of piperidine rings is 1. The second-order valence-corrected chi connectivity index (χ2v) is 12.0. The number of aryl methyl sites for hydroxylation is 2. The topological polar surface area (TPSA) is 150 Å². The van der Waals surface area contributed by atoms with Crippen molar-refractivity contribution in [2.75, 3.05) is 18.4 Å². The quantitative estimate of drug-likeness (QED) is 0.233. The Hall–Kier alpha value is -5.33. The summed E-state index contributed by atoms with van der Waals surface area (Å²) in [7, 11) is 0. The first-order valence-electron chi connectivity index (χ1n) is 15.8. The maximum absolute atomic E-state index is 13.8. The Morgan fingerprint density at radius 2 is 1.89 bits per heavy atom. The van der Waals surface area contributed by atoms with Crippen LogP contribution >= 0.6 is 0 Å². The van der Waals surface area contributed by atoms with Crippen molar-refractivity contribution in [2.24, 2.45) is 0 Å². The van der Waals surface area contributed by atoms with Crippen LogP contribution in [-0.4, -0.2) is 76.4 Å². The minimum Gasteiger partial charge on any atom is -0.328 e. The average molecular weight is 620 g/mol. The van der Waals surface area contributed by atoms with Gasteiger partial charge < -0.3 is 20.4 Å². The number of H-pyrrole nitrogens is 1. The highest BCUT2D eigenvalue weighted by Crippen LogP contribution is 2.29. The van der Waals surface area contributed by atoms with E-state index in [2.05, 4.69) is 60.4 Å². The molecule has 0 radical (unpaired) electrons. The van der Waals surface area contributed by atoms with E-state index >= 15 is 0 Å². The predicted molar refractivity (Wildman–Crippen MR) is 172 cm³/mol. The molecule has 46 heavy (non-hydrogen) atoms. The first-order valence-corrected chi connectivity index (χ1v) is 15.8. The summed E-state index contributed by atoms with van der Waals surface area (Å²) in [4.78, 5) is 34.6. The number of aromatic amines is 1. The fourth-order valence-corrected chi connectivity index (χ4v) is 6.58. The van der Waals surface area contributed by atoms with E-state index in [0.29, 0.717) is 51.3 Å². The Morgan fingerprint density at radius 3 is 2.70 bits per heavy atom. The van der Waals surface area contributed by atoms with Gasteiger partial charge >= 0.3 is 12.1 Å². The van der Waals surface area contributed by atoms with E-state index in [-0.39, 0.29) is 18.1 Å². The molecule has 2 aliphatic rings. The number of fused-ring (bicyclic) bond motifs is 2. The largest absolute Gasteiger partial charge is 0.328 e. The van der Waals surface area contributed by atoms with Crippen LogP contribution in [0.15, 0.2) is 60.9 Å². The summed E-state index contributed by atoms with van der Waals surface area (Å²) in [5.74, 6) is 0.575. The fourth-order valence-electron chi connectivity index (χ4n) is 6.58. The molecular weight excluding hydrogens is 582 g/mol. The van der Waals surface area contributed by atoms with Crippen LogP contribution in [0.4, 0.5) is 15.3 Å². The summed E-state index contributed by atoms with van der Waals surface area (Å²) >= 11 is 0. The zero-order chi connectivity index (χ0) is 31.6. The minimum atomic E-state index is -0.485. The number of likely N-dealkylation sites (tertiary alicyclic amines) is 1. The molecule has 3 N–H and O–H groups in total. The van der Waals surface area contributed by atoms with Gasteiger partial charge in [0.2, 0.25) is 0 Å². The number of rotatable bonds is 8. The SMILES string of the molecule is CCc1cc(CC(NC(=O)N2CCC(N3Cc4ccccc4NC3=O)CC2)c2nnnn2Cc2ccncc2)cc2c(C)[nH]nc12. The first kappa shape index (κ1) is 29.4. The van der Waals surface area contributed by atoms with Crippen LogP contribution in [0.5, 0.6) is 0 Å². The van der Waals surface area contributed by atoms with Crippen LogP contribution in [-0.2, 0) is 25.9 Å². The molecule has 1 unspecified atom stereocenters. The number of hydrogen-bond acceptors (Lipinski definition) is 7. The van der Waals surface area contributed by atoms with E-state index in [1.807, 2.05) is 53.1 Å². The van der Waals surface area contributed by atoms with Gasteiger partial charge in [0.05, 0.1) is 18.1 Å². The molecule has 5 heterocycles. The molecule has 1 atom stereocenters. The predicted octanol–water partition coefficient (Wildman–Crippen LogP) is 4.37. The van der Waals surface area contributed by atoms with E-state index in [0.717, 1.165) is 51.0 Å². The molecule has 13 nitrogen and oxygen atoms in total. The van der Waals surface area contributed by atoms with Crippen LogP contribution in [0, 0.1) is 6.92 Å². The summed E-state index contributed by atoms with van der Waals surface area (Å²) in [6.45, 7) is 6.23. The third-order valence-corrected chi connectivity index (χ3v) is 9.11. The van der Waals surface area contributed by atoms with Crippen molar-refractivity contribution < 1.29 is 9.59 Å². The van der Waals surface area contributed by atoms with Gasteiger partial charge in [0.25, 0.3) is 0 Å². The molecule has 13 heteroatoms. The molecule has 1 fully saturated rings. The molecule has 2 aliphatic heterocycles. The Balaban J connectivity index is 1.10. The van der Waals surface area contributed by atoms with Gasteiger partial charge in [-0.05, 0) is 83.1 Å². The van der Waals surface area contributed by atoms with Crippen LogP contribution in [0.3, 0.4) is 0 Å². The molecule has 7 rings (SSSR count). The lowest BCUT2D eigenvalue weighted by molar-refractivity contribution is 0.127. The fraction of sp³-hybridized carbons (Fsp3) is 0.364. The molecule has 0 saturated carbocycles. The molecular formula is C33H37N11O2. The lowest BCUT2D eigenvalue weighted by Gasteiger charge is -2.40. The molecule has 0 spiro atoms. The molecule has 3 aromatic heterocycles. The molecule has 4 amide bonds. The molecule has 236 valence electrons. The second-order valence-electron chi connectivity index (χ2n) is 12.0. The van der Waals surface area contributed by atoms with E-state index in [9.17, 15) is 9.59 Å². The van der Waals surface area contributed by atoms with Crippen molar-refractivity contribution in [1.82, 2.24) is 50.5 Å². The number of hydrogen-bond donors (Lipinski definition) is 3. The first-order chi connectivity index (χ1) is 22.5. The Kier molecular flexibility index (Phi) is 8.04. The van der Waals surface area contributed by atoms with Crippen LogP contribution < -0.4 is 10.6 Å². The maximum atomic E-state index is 13.8. The second kappa shape index (κ2) is 12.6. The monoisotopic (exact) mass is 619 g/mol. The highest BCUT2D eigenvalue weighted by molar-refractivity contribution is 5.92. The van der Waals surface area contributed by atoms with E-state index in [1.165, 1.54) is 0 Å². The van der Waals surface area contributed by atoms with Crippen molar-refractivity contribution in [1.29, 1.82) is 0 Å². The van der Waals surface area contributed by atoms with Gasteiger partial charge in [-0.2, -0.15) is 5.10 Å². The summed E-state index contributed by atoms with van der Waals surface area (Å²) < 4.78 is 1.74. The smallest absolute Gasteiger partial charge is 0.322 e. The van der Waals surface area contributed by atoms with Gasteiger partial charge in [-0.25, -0.2) is 14.3 Å². The number of carbonyl (C=O) groups is 2. The Bertz CT molecular complexity index is 1860. The number of tetrazole rings is 1. The van der Waals surface area contributed by atoms with Gasteiger partial charge in [-0.3, -0.25) is 10.1 Å². The normalized spacial score (nSPS) is 15.9. The lowest BCUT2D eigenvalue weighted by atomic mass is 9.98. The van der Waals surface area contributed by atoms with Crippen molar-refractivity contribution in [3.8, 4) is 0 Å². The van der Waals surface area contributed by atoms with Crippen LogP contribution in [0.25, 0.3) is 10.9 Å². The summed E-state index contributed by atoms with van der Waals surface area (Å²) in [5.41, 5.74) is 7.15. The van der Waals surface area contributed by atoms with Gasteiger partial charge in [-0.15, -0.1) is 5.10 Å². The zero-order valence-electron chi connectivity index (χ0n) is 26.0. The van der Waals surface area contributed by atoms with Gasteiger partial charge in [0.1, 0.15) is 0 Å². The van der Waals surface area contributed by atoms with Crippen LogP contribution in [0.1, 0.15) is 59.6 Å². The number of amides is 4. The molecule has 5 aromatic rings.